The lowest BCUT2D eigenvalue weighted by molar-refractivity contribution is -0.128. The predicted molar refractivity (Wildman–Crippen MR) is 98.0 cm³/mol. The SMILES string of the molecule is I.NC(=NCc1ccc(CN2CCCC2=O)cc1)NC1CC1. The quantitative estimate of drug-likeness (QED) is 0.440. The maximum atomic E-state index is 11.6. The highest BCUT2D eigenvalue weighted by atomic mass is 127. The van der Waals surface area contributed by atoms with Crippen molar-refractivity contribution in [2.45, 2.75) is 44.8 Å². The van der Waals surface area contributed by atoms with Crippen LogP contribution in [0, 0.1) is 0 Å². The lowest BCUT2D eigenvalue weighted by atomic mass is 10.1. The number of nitrogens with two attached hydrogens (primary N) is 1. The fraction of sp³-hybridized carbons (Fsp3) is 0.500. The third-order valence-electron chi connectivity index (χ3n) is 3.93. The molecule has 1 aromatic rings. The Kier molecular flexibility index (Phi) is 6.05. The maximum Gasteiger partial charge on any atom is 0.222 e. The van der Waals surface area contributed by atoms with E-state index in [1.165, 1.54) is 18.4 Å². The van der Waals surface area contributed by atoms with Gasteiger partial charge in [0.15, 0.2) is 5.96 Å². The van der Waals surface area contributed by atoms with E-state index in [2.05, 4.69) is 34.6 Å². The van der Waals surface area contributed by atoms with Crippen molar-refractivity contribution >= 4 is 35.8 Å². The van der Waals surface area contributed by atoms with Crippen molar-refractivity contribution in [1.29, 1.82) is 0 Å². The Morgan fingerprint density at radius 3 is 2.55 bits per heavy atom. The monoisotopic (exact) mass is 414 g/mol. The van der Waals surface area contributed by atoms with Gasteiger partial charge in [-0.2, -0.15) is 0 Å². The van der Waals surface area contributed by atoms with E-state index in [0.29, 0.717) is 31.5 Å². The summed E-state index contributed by atoms with van der Waals surface area (Å²) in [5, 5.41) is 3.17. The highest BCUT2D eigenvalue weighted by Gasteiger charge is 2.21. The van der Waals surface area contributed by atoms with Gasteiger partial charge < -0.3 is 16.0 Å². The molecule has 0 radical (unpaired) electrons. The second-order valence-corrected chi connectivity index (χ2v) is 5.86. The molecule has 2 aliphatic rings. The summed E-state index contributed by atoms with van der Waals surface area (Å²) in [5.74, 6) is 0.798. The minimum absolute atomic E-state index is 0. The molecule has 0 spiro atoms. The number of amides is 1. The Morgan fingerprint density at radius 1 is 1.27 bits per heavy atom. The lowest BCUT2D eigenvalue weighted by Gasteiger charge is -2.15. The molecule has 1 heterocycles. The fourth-order valence-corrected chi connectivity index (χ4v) is 2.50. The summed E-state index contributed by atoms with van der Waals surface area (Å²) in [7, 11) is 0. The molecule has 22 heavy (non-hydrogen) atoms. The Balaban J connectivity index is 0.00000176. The minimum atomic E-state index is 0. The molecule has 6 heteroatoms. The van der Waals surface area contributed by atoms with Gasteiger partial charge in [-0.25, -0.2) is 4.99 Å². The van der Waals surface area contributed by atoms with E-state index in [-0.39, 0.29) is 29.9 Å². The van der Waals surface area contributed by atoms with E-state index in [1.807, 2.05) is 4.90 Å². The van der Waals surface area contributed by atoms with Crippen LogP contribution in [0.1, 0.15) is 36.8 Å². The fourth-order valence-electron chi connectivity index (χ4n) is 2.50. The van der Waals surface area contributed by atoms with Gasteiger partial charge in [0.05, 0.1) is 6.54 Å². The first-order valence-corrected chi connectivity index (χ1v) is 7.63. The number of nitrogens with zero attached hydrogens (tertiary/aromatic N) is 2. The third-order valence-corrected chi connectivity index (χ3v) is 3.93. The van der Waals surface area contributed by atoms with Crippen LogP contribution in [-0.2, 0) is 17.9 Å². The molecule has 120 valence electrons. The summed E-state index contributed by atoms with van der Waals surface area (Å²) < 4.78 is 0. The number of hydrogen-bond donors (Lipinski definition) is 2. The van der Waals surface area contributed by atoms with Crippen molar-refractivity contribution in [2.24, 2.45) is 10.7 Å². The first-order chi connectivity index (χ1) is 10.2. The van der Waals surface area contributed by atoms with Crippen LogP contribution in [0.5, 0.6) is 0 Å². The maximum absolute atomic E-state index is 11.6. The molecular weight excluding hydrogens is 391 g/mol. The summed E-state index contributed by atoms with van der Waals surface area (Å²) in [4.78, 5) is 17.9. The number of likely N-dealkylation sites (tertiary alicyclic amines) is 1. The summed E-state index contributed by atoms with van der Waals surface area (Å²) in [6.45, 7) is 2.19. The van der Waals surface area contributed by atoms with Crippen LogP contribution < -0.4 is 11.1 Å². The van der Waals surface area contributed by atoms with Crippen LogP contribution >= 0.6 is 24.0 Å². The zero-order chi connectivity index (χ0) is 14.7. The van der Waals surface area contributed by atoms with Crippen LogP contribution in [0.15, 0.2) is 29.3 Å². The van der Waals surface area contributed by atoms with Crippen LogP contribution in [-0.4, -0.2) is 29.4 Å². The number of guanidine groups is 1. The van der Waals surface area contributed by atoms with Gasteiger partial charge in [0, 0.05) is 25.6 Å². The van der Waals surface area contributed by atoms with Crippen molar-refractivity contribution in [1.82, 2.24) is 10.2 Å². The zero-order valence-corrected chi connectivity index (χ0v) is 15.0. The van der Waals surface area contributed by atoms with E-state index in [9.17, 15) is 4.79 Å². The van der Waals surface area contributed by atoms with Gasteiger partial charge in [0.25, 0.3) is 0 Å². The van der Waals surface area contributed by atoms with Gasteiger partial charge >= 0.3 is 0 Å². The number of rotatable bonds is 5. The van der Waals surface area contributed by atoms with Gasteiger partial charge in [-0.05, 0) is 30.4 Å². The molecule has 1 amide bonds. The standard InChI is InChI=1S/C16H22N4O.HI/c17-16(19-14-7-8-14)18-10-12-3-5-13(6-4-12)11-20-9-1-2-15(20)21;/h3-6,14H,1-2,7-11H2,(H3,17,18,19);1H. The molecule has 0 aromatic heterocycles. The third kappa shape index (κ3) is 4.86. The number of aliphatic imine (C=N–C) groups is 1. The number of nitrogens with one attached hydrogen (secondary N) is 1. The number of carbonyl (C=O) groups excluding carboxylic acids is 1. The number of benzene rings is 1. The molecule has 0 bridgehead atoms. The molecule has 1 aliphatic heterocycles. The van der Waals surface area contributed by atoms with E-state index < -0.39 is 0 Å². The van der Waals surface area contributed by atoms with E-state index >= 15 is 0 Å². The molecule has 1 saturated carbocycles. The van der Waals surface area contributed by atoms with Crippen LogP contribution in [0.2, 0.25) is 0 Å². The molecule has 3 rings (SSSR count). The van der Waals surface area contributed by atoms with Crippen LogP contribution in [0.25, 0.3) is 0 Å². The smallest absolute Gasteiger partial charge is 0.222 e. The van der Waals surface area contributed by atoms with Crippen LogP contribution in [0.3, 0.4) is 0 Å². The largest absolute Gasteiger partial charge is 0.370 e. The van der Waals surface area contributed by atoms with E-state index in [0.717, 1.165) is 18.5 Å². The second-order valence-electron chi connectivity index (χ2n) is 5.86. The summed E-state index contributed by atoms with van der Waals surface area (Å²) in [6.07, 6.45) is 4.07. The van der Waals surface area contributed by atoms with Gasteiger partial charge in [-0.15, -0.1) is 24.0 Å². The summed E-state index contributed by atoms with van der Waals surface area (Å²) in [6, 6.07) is 8.80. The van der Waals surface area contributed by atoms with E-state index in [4.69, 9.17) is 5.73 Å². The van der Waals surface area contributed by atoms with Gasteiger partial charge in [-0.1, -0.05) is 24.3 Å². The molecule has 1 aromatic carbocycles. The van der Waals surface area contributed by atoms with Crippen molar-refractivity contribution in [3.63, 3.8) is 0 Å². The molecule has 3 N–H and O–H groups in total. The second kappa shape index (κ2) is 7.80. The molecule has 0 atom stereocenters. The average molecular weight is 414 g/mol. The van der Waals surface area contributed by atoms with Gasteiger partial charge in [0.2, 0.25) is 5.91 Å². The predicted octanol–water partition coefficient (Wildman–Crippen LogP) is 1.99. The van der Waals surface area contributed by atoms with Gasteiger partial charge in [-0.3, -0.25) is 4.79 Å². The Labute approximate surface area is 148 Å². The Hall–Kier alpha value is -1.31. The summed E-state index contributed by atoms with van der Waals surface area (Å²) >= 11 is 0. The Morgan fingerprint density at radius 2 is 1.95 bits per heavy atom. The number of carbonyl (C=O) groups is 1. The molecule has 1 aliphatic carbocycles. The molecule has 5 nitrogen and oxygen atoms in total. The average Bonchev–Trinajstić information content (AvgIpc) is 3.21. The summed E-state index contributed by atoms with van der Waals surface area (Å²) in [5.41, 5.74) is 8.11. The van der Waals surface area contributed by atoms with Crippen molar-refractivity contribution in [3.8, 4) is 0 Å². The highest BCUT2D eigenvalue weighted by molar-refractivity contribution is 14.0. The van der Waals surface area contributed by atoms with Crippen molar-refractivity contribution in [2.75, 3.05) is 6.54 Å². The van der Waals surface area contributed by atoms with Crippen molar-refractivity contribution < 1.29 is 4.79 Å². The van der Waals surface area contributed by atoms with Gasteiger partial charge in [0.1, 0.15) is 0 Å². The van der Waals surface area contributed by atoms with Crippen LogP contribution in [0.4, 0.5) is 0 Å². The molecule has 2 fully saturated rings. The molecular formula is C16H23IN4O. The van der Waals surface area contributed by atoms with Crippen molar-refractivity contribution in [3.05, 3.63) is 35.4 Å². The topological polar surface area (TPSA) is 70.7 Å². The zero-order valence-electron chi connectivity index (χ0n) is 12.6. The number of halogens is 1. The number of hydrogen-bond acceptors (Lipinski definition) is 2. The minimum Gasteiger partial charge on any atom is -0.370 e. The normalized spacial score (nSPS) is 18.3. The lowest BCUT2D eigenvalue weighted by Crippen LogP contribution is -2.33. The molecule has 1 saturated heterocycles. The Bertz CT molecular complexity index is 540. The highest BCUT2D eigenvalue weighted by Crippen LogP contribution is 2.18. The first-order valence-electron chi connectivity index (χ1n) is 7.63. The first kappa shape index (κ1) is 17.1. The molecule has 0 unspecified atom stereocenters. The van der Waals surface area contributed by atoms with E-state index in [1.54, 1.807) is 0 Å².